The van der Waals surface area contributed by atoms with Gasteiger partial charge in [0.15, 0.2) is 0 Å². The van der Waals surface area contributed by atoms with E-state index in [1.54, 1.807) is 0 Å². The summed E-state index contributed by atoms with van der Waals surface area (Å²) in [5.74, 6) is 0.533. The van der Waals surface area contributed by atoms with Gasteiger partial charge in [0.05, 0.1) is 0 Å². The first-order valence-corrected chi connectivity index (χ1v) is 10.9. The number of piperazine rings is 1. The van der Waals surface area contributed by atoms with Crippen LogP contribution in [0.1, 0.15) is 30.6 Å². The highest BCUT2D eigenvalue weighted by atomic mass is 16.2. The van der Waals surface area contributed by atoms with E-state index in [0.29, 0.717) is 17.9 Å². The van der Waals surface area contributed by atoms with E-state index in [1.807, 2.05) is 71.6 Å². The fourth-order valence-corrected chi connectivity index (χ4v) is 4.07. The second-order valence-corrected chi connectivity index (χ2v) is 8.49. The minimum atomic E-state index is -0.109. The summed E-state index contributed by atoms with van der Waals surface area (Å²) in [6.45, 7) is 7.32. The highest BCUT2D eigenvalue weighted by Gasteiger charge is 2.21. The summed E-state index contributed by atoms with van der Waals surface area (Å²) >= 11 is 0. The normalized spacial score (nSPS) is 14.2. The zero-order chi connectivity index (χ0) is 21.8. The number of anilines is 2. The van der Waals surface area contributed by atoms with Crippen LogP contribution in [0.5, 0.6) is 0 Å². The number of rotatable bonds is 5. The molecule has 1 fully saturated rings. The summed E-state index contributed by atoms with van der Waals surface area (Å²) in [5.41, 5.74) is 2.55. The maximum absolute atomic E-state index is 12.8. The van der Waals surface area contributed by atoms with Crippen molar-refractivity contribution in [3.8, 4) is 0 Å². The van der Waals surface area contributed by atoms with Crippen LogP contribution < -0.4 is 10.2 Å². The van der Waals surface area contributed by atoms with Crippen molar-refractivity contribution in [2.24, 2.45) is 5.92 Å². The van der Waals surface area contributed by atoms with Gasteiger partial charge in [-0.15, -0.1) is 0 Å². The molecule has 3 aromatic rings. The number of carbonyl (C=O) groups excluding carboxylic acids is 2. The first-order valence-electron chi connectivity index (χ1n) is 10.9. The van der Waals surface area contributed by atoms with Gasteiger partial charge in [-0.3, -0.25) is 9.59 Å². The third kappa shape index (κ3) is 4.88. The number of hydrogen-bond donors (Lipinski definition) is 1. The van der Waals surface area contributed by atoms with E-state index in [-0.39, 0.29) is 11.8 Å². The van der Waals surface area contributed by atoms with E-state index in [9.17, 15) is 9.59 Å². The molecule has 31 heavy (non-hydrogen) atoms. The Hall–Kier alpha value is -3.34. The Bertz CT molecular complexity index is 1060. The van der Waals surface area contributed by atoms with Crippen LogP contribution in [-0.2, 0) is 4.79 Å². The Labute approximate surface area is 183 Å². The quantitative estimate of drug-likeness (QED) is 0.652. The molecule has 0 spiro atoms. The van der Waals surface area contributed by atoms with Crippen molar-refractivity contribution in [2.45, 2.75) is 20.3 Å². The highest BCUT2D eigenvalue weighted by molar-refractivity contribution is 6.12. The van der Waals surface area contributed by atoms with Crippen LogP contribution in [0.2, 0.25) is 0 Å². The van der Waals surface area contributed by atoms with Crippen LogP contribution in [0, 0.1) is 5.92 Å². The molecular weight excluding hydrogens is 386 g/mol. The molecule has 1 aliphatic rings. The molecule has 1 saturated heterocycles. The van der Waals surface area contributed by atoms with Gasteiger partial charge >= 0.3 is 0 Å². The third-order valence-electron chi connectivity index (χ3n) is 5.74. The highest BCUT2D eigenvalue weighted by Crippen LogP contribution is 2.23. The summed E-state index contributed by atoms with van der Waals surface area (Å²) < 4.78 is 0. The topological polar surface area (TPSA) is 52.7 Å². The van der Waals surface area contributed by atoms with Crippen molar-refractivity contribution in [1.29, 1.82) is 0 Å². The van der Waals surface area contributed by atoms with Crippen LogP contribution in [-0.4, -0.2) is 42.9 Å². The molecule has 1 aliphatic heterocycles. The molecule has 5 heteroatoms. The molecule has 1 N–H and O–H groups in total. The van der Waals surface area contributed by atoms with Gasteiger partial charge in [0.1, 0.15) is 0 Å². The molecule has 0 atom stereocenters. The van der Waals surface area contributed by atoms with E-state index >= 15 is 0 Å². The number of fused-ring (bicyclic) bond motifs is 1. The number of nitrogens with one attached hydrogen (secondary N) is 1. The van der Waals surface area contributed by atoms with E-state index in [4.69, 9.17) is 0 Å². The summed E-state index contributed by atoms with van der Waals surface area (Å²) in [6.07, 6.45) is 0.616. The van der Waals surface area contributed by atoms with E-state index in [1.165, 1.54) is 0 Å². The summed E-state index contributed by atoms with van der Waals surface area (Å²) in [4.78, 5) is 29.4. The van der Waals surface area contributed by atoms with Crippen LogP contribution >= 0.6 is 0 Å². The molecule has 0 aromatic heterocycles. The van der Waals surface area contributed by atoms with Gasteiger partial charge in [-0.1, -0.05) is 50.2 Å². The largest absolute Gasteiger partial charge is 0.368 e. The monoisotopic (exact) mass is 415 g/mol. The number of amides is 2. The van der Waals surface area contributed by atoms with E-state index in [2.05, 4.69) is 24.1 Å². The summed E-state index contributed by atoms with van der Waals surface area (Å²) in [6, 6.07) is 21.6. The van der Waals surface area contributed by atoms with Crippen molar-refractivity contribution in [3.05, 3.63) is 72.3 Å². The Balaban J connectivity index is 1.38. The maximum atomic E-state index is 12.8. The van der Waals surface area contributed by atoms with E-state index in [0.717, 1.165) is 48.3 Å². The lowest BCUT2D eigenvalue weighted by molar-refractivity contribution is -0.132. The first kappa shape index (κ1) is 20.9. The van der Waals surface area contributed by atoms with Gasteiger partial charge < -0.3 is 15.1 Å². The Kier molecular flexibility index (Phi) is 6.21. The predicted octanol–water partition coefficient (Wildman–Crippen LogP) is 4.79. The minimum Gasteiger partial charge on any atom is -0.368 e. The van der Waals surface area contributed by atoms with Crippen LogP contribution in [0.4, 0.5) is 11.4 Å². The third-order valence-corrected chi connectivity index (χ3v) is 5.74. The number of nitrogens with zero attached hydrogens (tertiary/aromatic N) is 2. The Morgan fingerprint density at radius 3 is 2.26 bits per heavy atom. The standard InChI is InChI=1S/C26H29N3O2/c1-19(2)18-25(30)29-16-14-28(15-17-29)22-12-10-21(11-13-22)27-26(31)24-9-5-7-20-6-3-4-8-23(20)24/h3-13,19H,14-18H2,1-2H3,(H,27,31). The summed E-state index contributed by atoms with van der Waals surface area (Å²) in [7, 11) is 0. The molecule has 3 aromatic carbocycles. The van der Waals surface area contributed by atoms with Crippen LogP contribution in [0.25, 0.3) is 10.8 Å². The molecule has 2 amide bonds. The molecule has 5 nitrogen and oxygen atoms in total. The predicted molar refractivity (Wildman–Crippen MR) is 127 cm³/mol. The molecule has 160 valence electrons. The number of carbonyl (C=O) groups is 2. The fraction of sp³-hybridized carbons (Fsp3) is 0.308. The van der Waals surface area contributed by atoms with Gasteiger partial charge in [-0.2, -0.15) is 0 Å². The second kappa shape index (κ2) is 9.21. The lowest BCUT2D eigenvalue weighted by Crippen LogP contribution is -2.49. The Morgan fingerprint density at radius 1 is 0.871 bits per heavy atom. The number of benzene rings is 3. The minimum absolute atomic E-state index is 0.109. The van der Waals surface area contributed by atoms with E-state index < -0.39 is 0 Å². The smallest absolute Gasteiger partial charge is 0.256 e. The molecule has 0 aliphatic carbocycles. The van der Waals surface area contributed by atoms with Gasteiger partial charge in [-0.05, 0) is 47.0 Å². The van der Waals surface area contributed by atoms with Gasteiger partial charge in [0.25, 0.3) is 5.91 Å². The molecule has 0 bridgehead atoms. The van der Waals surface area contributed by atoms with Gasteiger partial charge in [-0.25, -0.2) is 0 Å². The molecular formula is C26H29N3O2. The lowest BCUT2D eigenvalue weighted by atomic mass is 10.0. The zero-order valence-corrected chi connectivity index (χ0v) is 18.2. The first-order chi connectivity index (χ1) is 15.0. The molecule has 1 heterocycles. The average Bonchev–Trinajstić information content (AvgIpc) is 2.79. The van der Waals surface area contributed by atoms with Crippen molar-refractivity contribution in [3.63, 3.8) is 0 Å². The molecule has 0 radical (unpaired) electrons. The van der Waals surface area contributed by atoms with Crippen molar-refractivity contribution < 1.29 is 9.59 Å². The fourth-order valence-electron chi connectivity index (χ4n) is 4.07. The molecule has 4 rings (SSSR count). The van der Waals surface area contributed by atoms with Crippen molar-refractivity contribution in [2.75, 3.05) is 36.4 Å². The Morgan fingerprint density at radius 2 is 1.55 bits per heavy atom. The summed E-state index contributed by atoms with van der Waals surface area (Å²) in [5, 5.41) is 5.01. The van der Waals surface area contributed by atoms with Gasteiger partial charge in [0.2, 0.25) is 5.91 Å². The van der Waals surface area contributed by atoms with Crippen molar-refractivity contribution in [1.82, 2.24) is 4.90 Å². The van der Waals surface area contributed by atoms with Crippen LogP contribution in [0.15, 0.2) is 66.7 Å². The molecule has 0 saturated carbocycles. The number of hydrogen-bond acceptors (Lipinski definition) is 3. The van der Waals surface area contributed by atoms with Crippen molar-refractivity contribution >= 4 is 34.0 Å². The van der Waals surface area contributed by atoms with Crippen LogP contribution in [0.3, 0.4) is 0 Å². The lowest BCUT2D eigenvalue weighted by Gasteiger charge is -2.36. The second-order valence-electron chi connectivity index (χ2n) is 8.49. The van der Waals surface area contributed by atoms with Gasteiger partial charge in [0, 0.05) is 49.5 Å². The SMILES string of the molecule is CC(C)CC(=O)N1CCN(c2ccc(NC(=O)c3cccc4ccccc34)cc2)CC1. The average molecular weight is 416 g/mol. The zero-order valence-electron chi connectivity index (χ0n) is 18.2. The maximum Gasteiger partial charge on any atom is 0.256 e. The molecule has 0 unspecified atom stereocenters.